The molecule has 1 heterocycles. The molecule has 28 heavy (non-hydrogen) atoms. The molecule has 1 N–H and O–H groups in total. The van der Waals surface area contributed by atoms with Crippen molar-refractivity contribution in [1.29, 1.82) is 0 Å². The normalized spacial score (nSPS) is 15.6. The van der Waals surface area contributed by atoms with Crippen molar-refractivity contribution in [2.24, 2.45) is 0 Å². The van der Waals surface area contributed by atoms with Crippen LogP contribution in [0.3, 0.4) is 0 Å². The average molecular weight is 382 g/mol. The zero-order valence-corrected chi connectivity index (χ0v) is 14.8. The molecule has 0 radical (unpaired) electrons. The lowest BCUT2D eigenvalue weighted by atomic mass is 10.1. The summed E-state index contributed by atoms with van der Waals surface area (Å²) in [6.07, 6.45) is 1.33. The molecule has 1 saturated heterocycles. The van der Waals surface area contributed by atoms with E-state index in [0.29, 0.717) is 4.90 Å². The third-order valence-corrected chi connectivity index (χ3v) is 3.93. The van der Waals surface area contributed by atoms with E-state index in [4.69, 9.17) is 4.74 Å². The Morgan fingerprint density at radius 3 is 2.50 bits per heavy atom. The van der Waals surface area contributed by atoms with Crippen LogP contribution < -0.4 is 15.0 Å². The van der Waals surface area contributed by atoms with Gasteiger partial charge < -0.3 is 4.74 Å². The maximum absolute atomic E-state index is 14.1. The summed E-state index contributed by atoms with van der Waals surface area (Å²) < 4.78 is 19.3. The summed E-state index contributed by atoms with van der Waals surface area (Å²) >= 11 is 0. The Labute approximate surface area is 159 Å². The highest BCUT2D eigenvalue weighted by Crippen LogP contribution is 2.27. The number of hydrogen-bond donors (Lipinski definition) is 1. The molecular formula is C20H15FN2O5. The molecule has 4 amide bonds. The second-order valence-corrected chi connectivity index (χ2v) is 5.77. The summed E-state index contributed by atoms with van der Waals surface area (Å²) in [6, 6.07) is 10.4. The van der Waals surface area contributed by atoms with Gasteiger partial charge in [-0.3, -0.25) is 19.7 Å². The number of esters is 1. The van der Waals surface area contributed by atoms with E-state index >= 15 is 0 Å². The van der Waals surface area contributed by atoms with Crippen LogP contribution in [0, 0.1) is 5.82 Å². The molecule has 7 nitrogen and oxygen atoms in total. The lowest BCUT2D eigenvalue weighted by molar-refractivity contribution is -0.134. The number of nitrogens with one attached hydrogen (secondary N) is 1. The molecule has 1 aliphatic rings. The van der Waals surface area contributed by atoms with Crippen LogP contribution in [0.15, 0.2) is 54.1 Å². The van der Waals surface area contributed by atoms with Crippen molar-refractivity contribution in [2.45, 2.75) is 13.3 Å². The van der Waals surface area contributed by atoms with Crippen LogP contribution >= 0.6 is 0 Å². The molecule has 0 aromatic heterocycles. The van der Waals surface area contributed by atoms with Gasteiger partial charge >= 0.3 is 12.0 Å². The quantitative estimate of drug-likeness (QED) is 0.380. The first-order chi connectivity index (χ1) is 13.4. The Bertz CT molecular complexity index is 1020. The van der Waals surface area contributed by atoms with Gasteiger partial charge in [0.1, 0.15) is 17.1 Å². The molecule has 0 bridgehead atoms. The molecule has 0 spiro atoms. The lowest BCUT2D eigenvalue weighted by Crippen LogP contribution is -2.54. The number of rotatable bonds is 4. The zero-order valence-electron chi connectivity index (χ0n) is 14.8. The minimum Gasteiger partial charge on any atom is -0.426 e. The number of halogens is 1. The molecule has 0 aliphatic carbocycles. The number of amides is 4. The number of hydrogen-bond acceptors (Lipinski definition) is 5. The fourth-order valence-electron chi connectivity index (χ4n) is 2.55. The number of benzene rings is 2. The third kappa shape index (κ3) is 3.66. The molecule has 1 fully saturated rings. The number of nitrogens with zero attached hydrogens (tertiary/aromatic N) is 1. The van der Waals surface area contributed by atoms with Crippen LogP contribution in [0.1, 0.15) is 18.9 Å². The number of carbonyl (C=O) groups excluding carboxylic acids is 4. The summed E-state index contributed by atoms with van der Waals surface area (Å²) in [7, 11) is 0. The molecule has 3 rings (SSSR count). The molecule has 0 atom stereocenters. The van der Waals surface area contributed by atoms with Crippen molar-refractivity contribution < 1.29 is 28.3 Å². The number of urea groups is 1. The maximum Gasteiger partial charge on any atom is 0.336 e. The van der Waals surface area contributed by atoms with E-state index in [1.807, 2.05) is 5.32 Å². The van der Waals surface area contributed by atoms with Crippen LogP contribution in [0.2, 0.25) is 0 Å². The molecule has 0 unspecified atom stereocenters. The Hall–Kier alpha value is -3.81. The van der Waals surface area contributed by atoms with Gasteiger partial charge in [-0.2, -0.15) is 0 Å². The van der Waals surface area contributed by atoms with Gasteiger partial charge in [-0.15, -0.1) is 0 Å². The summed E-state index contributed by atoms with van der Waals surface area (Å²) in [5, 5.41) is 2.01. The van der Waals surface area contributed by atoms with Gasteiger partial charge in [-0.25, -0.2) is 14.1 Å². The number of barbiturate groups is 1. The second-order valence-electron chi connectivity index (χ2n) is 5.77. The van der Waals surface area contributed by atoms with Crippen molar-refractivity contribution in [3.63, 3.8) is 0 Å². The summed E-state index contributed by atoms with van der Waals surface area (Å²) in [4.78, 5) is 49.3. The largest absolute Gasteiger partial charge is 0.426 e. The van der Waals surface area contributed by atoms with E-state index in [1.165, 1.54) is 36.4 Å². The monoisotopic (exact) mass is 382 g/mol. The van der Waals surface area contributed by atoms with Gasteiger partial charge in [0.05, 0.1) is 5.69 Å². The number of carbonyl (C=O) groups is 4. The third-order valence-electron chi connectivity index (χ3n) is 3.93. The summed E-state index contributed by atoms with van der Waals surface area (Å²) in [6.45, 7) is 1.62. The topological polar surface area (TPSA) is 92.8 Å². The van der Waals surface area contributed by atoms with Gasteiger partial charge in [0.25, 0.3) is 11.8 Å². The average Bonchev–Trinajstić information content (AvgIpc) is 2.67. The minimum atomic E-state index is -1.05. The maximum atomic E-state index is 14.1. The standard InChI is InChI=1S/C20H15FN2O5/c1-2-17(24)28-16-10-6-3-7-12(16)11-13-18(25)22-20(27)23(19(13)26)15-9-5-4-8-14(15)21/h3-11H,2H2,1H3,(H,22,25,27)/b13-11-. The summed E-state index contributed by atoms with van der Waals surface area (Å²) in [5.74, 6) is -3.06. The summed E-state index contributed by atoms with van der Waals surface area (Å²) in [5.41, 5.74) is -0.400. The van der Waals surface area contributed by atoms with Crippen LogP contribution in [0.5, 0.6) is 5.75 Å². The van der Waals surface area contributed by atoms with Crippen molar-refractivity contribution in [3.8, 4) is 5.75 Å². The first kappa shape index (κ1) is 19.0. The predicted molar refractivity (Wildman–Crippen MR) is 97.8 cm³/mol. The van der Waals surface area contributed by atoms with Gasteiger partial charge in [0.15, 0.2) is 0 Å². The molecule has 0 saturated carbocycles. The Morgan fingerprint density at radius 1 is 1.11 bits per heavy atom. The molecule has 142 valence electrons. The number of imide groups is 2. The van der Waals surface area contributed by atoms with Crippen LogP contribution in [0.4, 0.5) is 14.9 Å². The Morgan fingerprint density at radius 2 is 1.79 bits per heavy atom. The van der Waals surface area contributed by atoms with Crippen LogP contribution in [-0.4, -0.2) is 23.8 Å². The molecule has 1 aliphatic heterocycles. The Kier molecular flexibility index (Phi) is 5.30. The molecule has 8 heteroatoms. The van der Waals surface area contributed by atoms with E-state index in [2.05, 4.69) is 0 Å². The van der Waals surface area contributed by atoms with E-state index in [-0.39, 0.29) is 23.4 Å². The van der Waals surface area contributed by atoms with Crippen LogP contribution in [0.25, 0.3) is 6.08 Å². The van der Waals surface area contributed by atoms with Gasteiger partial charge in [-0.1, -0.05) is 37.3 Å². The zero-order chi connectivity index (χ0) is 20.3. The van der Waals surface area contributed by atoms with Crippen LogP contribution in [-0.2, 0) is 14.4 Å². The highest BCUT2D eigenvalue weighted by molar-refractivity contribution is 6.39. The second kappa shape index (κ2) is 7.83. The predicted octanol–water partition coefficient (Wildman–Crippen LogP) is 2.81. The van der Waals surface area contributed by atoms with E-state index in [0.717, 1.165) is 6.07 Å². The first-order valence-corrected chi connectivity index (χ1v) is 8.38. The van der Waals surface area contributed by atoms with Crippen molar-refractivity contribution in [3.05, 3.63) is 65.5 Å². The molecule has 2 aromatic rings. The van der Waals surface area contributed by atoms with Gasteiger partial charge in [-0.05, 0) is 24.3 Å². The van der Waals surface area contributed by atoms with Gasteiger partial charge in [0, 0.05) is 12.0 Å². The van der Waals surface area contributed by atoms with E-state index < -0.39 is 35.2 Å². The number of para-hydroxylation sites is 2. The van der Waals surface area contributed by atoms with E-state index in [1.54, 1.807) is 19.1 Å². The fourth-order valence-corrected chi connectivity index (χ4v) is 2.55. The van der Waals surface area contributed by atoms with Crippen molar-refractivity contribution in [2.75, 3.05) is 4.90 Å². The highest BCUT2D eigenvalue weighted by Gasteiger charge is 2.38. The Balaban J connectivity index is 2.03. The minimum absolute atomic E-state index is 0.139. The highest BCUT2D eigenvalue weighted by atomic mass is 19.1. The molecular weight excluding hydrogens is 367 g/mol. The number of ether oxygens (including phenoxy) is 1. The SMILES string of the molecule is CCC(=O)Oc1ccccc1/C=C1/C(=O)NC(=O)N(c2ccccc2F)C1=O. The fraction of sp³-hybridized carbons (Fsp3) is 0.100. The van der Waals surface area contributed by atoms with Gasteiger partial charge in [0.2, 0.25) is 0 Å². The van der Waals surface area contributed by atoms with Crippen molar-refractivity contribution in [1.82, 2.24) is 5.32 Å². The van der Waals surface area contributed by atoms with Crippen molar-refractivity contribution >= 4 is 35.6 Å². The van der Waals surface area contributed by atoms with E-state index in [9.17, 15) is 23.6 Å². The number of anilines is 1. The first-order valence-electron chi connectivity index (χ1n) is 8.38. The lowest BCUT2D eigenvalue weighted by Gasteiger charge is -2.26. The molecule has 2 aromatic carbocycles. The smallest absolute Gasteiger partial charge is 0.336 e.